The van der Waals surface area contributed by atoms with Crippen molar-refractivity contribution in [2.75, 3.05) is 24.5 Å². The molecular formula is C25H27N5O2. The van der Waals surface area contributed by atoms with Gasteiger partial charge < -0.3 is 19.7 Å². The number of aryl methyl sites for hydroxylation is 1. The summed E-state index contributed by atoms with van der Waals surface area (Å²) in [4.78, 5) is 22.3. The predicted octanol–water partition coefficient (Wildman–Crippen LogP) is 4.22. The van der Waals surface area contributed by atoms with Gasteiger partial charge in [0.1, 0.15) is 5.69 Å². The monoisotopic (exact) mass is 429 g/mol. The fourth-order valence-electron chi connectivity index (χ4n) is 4.49. The molecule has 2 aromatic carbocycles. The Labute approximate surface area is 186 Å². The van der Waals surface area contributed by atoms with Crippen molar-refractivity contribution in [1.29, 1.82) is 0 Å². The molecule has 0 atom stereocenters. The molecule has 0 bridgehead atoms. The van der Waals surface area contributed by atoms with Crippen molar-refractivity contribution in [3.8, 4) is 0 Å². The number of hydrogen-bond donors (Lipinski definition) is 2. The third-order valence-corrected chi connectivity index (χ3v) is 6.26. The third kappa shape index (κ3) is 4.23. The summed E-state index contributed by atoms with van der Waals surface area (Å²) in [6, 6.07) is 18.3. The second-order valence-electron chi connectivity index (χ2n) is 8.38. The maximum absolute atomic E-state index is 12.4. The summed E-state index contributed by atoms with van der Waals surface area (Å²) in [6.07, 6.45) is 2.66. The number of H-pyrrole nitrogens is 1. The lowest BCUT2D eigenvalue weighted by Gasteiger charge is -2.31. The highest BCUT2D eigenvalue weighted by atomic mass is 16.5. The number of para-hydroxylation sites is 1. The van der Waals surface area contributed by atoms with Crippen LogP contribution in [0, 0.1) is 6.92 Å². The van der Waals surface area contributed by atoms with Gasteiger partial charge in [-0.05, 0) is 54.1 Å². The van der Waals surface area contributed by atoms with Gasteiger partial charge in [-0.3, -0.25) is 4.79 Å². The van der Waals surface area contributed by atoms with Crippen LogP contribution < -0.4 is 10.2 Å². The first-order chi connectivity index (χ1) is 15.7. The Hall–Kier alpha value is -3.61. The molecular weight excluding hydrogens is 402 g/mol. The van der Waals surface area contributed by atoms with Crippen LogP contribution in [0.4, 0.5) is 5.95 Å². The van der Waals surface area contributed by atoms with Crippen LogP contribution in [-0.4, -0.2) is 40.7 Å². The summed E-state index contributed by atoms with van der Waals surface area (Å²) in [7, 11) is 0. The molecule has 0 aliphatic carbocycles. The van der Waals surface area contributed by atoms with Gasteiger partial charge in [0.2, 0.25) is 5.89 Å². The molecule has 0 radical (unpaired) electrons. The van der Waals surface area contributed by atoms with Crippen molar-refractivity contribution in [3.05, 3.63) is 77.3 Å². The molecule has 7 nitrogen and oxygen atoms in total. The second-order valence-corrected chi connectivity index (χ2v) is 8.38. The van der Waals surface area contributed by atoms with Crippen LogP contribution in [-0.2, 0) is 6.42 Å². The molecule has 2 aromatic heterocycles. The van der Waals surface area contributed by atoms with Crippen molar-refractivity contribution in [2.45, 2.75) is 32.1 Å². The SMILES string of the molecule is Cc1ccccc1C1CCN(c2noc(CCNC(=O)c3cc4ccccc4[nH]3)n2)CC1. The van der Waals surface area contributed by atoms with Crippen molar-refractivity contribution in [3.63, 3.8) is 0 Å². The van der Waals surface area contributed by atoms with Gasteiger partial charge in [-0.1, -0.05) is 42.5 Å². The quantitative estimate of drug-likeness (QED) is 0.479. The maximum Gasteiger partial charge on any atom is 0.267 e. The Morgan fingerprint density at radius 1 is 1.16 bits per heavy atom. The van der Waals surface area contributed by atoms with Crippen molar-refractivity contribution < 1.29 is 9.32 Å². The standard InChI is InChI=1S/C25H27N5O2/c1-17-6-2-4-8-20(17)18-11-14-30(15-12-18)25-28-23(32-29-25)10-13-26-24(31)22-16-19-7-3-5-9-21(19)27-22/h2-9,16,18,27H,10-15H2,1H3,(H,26,31). The highest BCUT2D eigenvalue weighted by Crippen LogP contribution is 2.31. The number of nitrogens with zero attached hydrogens (tertiary/aromatic N) is 3. The van der Waals surface area contributed by atoms with E-state index in [0.29, 0.717) is 36.4 Å². The molecule has 164 valence electrons. The minimum Gasteiger partial charge on any atom is -0.351 e. The van der Waals surface area contributed by atoms with Gasteiger partial charge in [0.05, 0.1) is 0 Å². The molecule has 1 fully saturated rings. The highest BCUT2D eigenvalue weighted by molar-refractivity contribution is 5.97. The Balaban J connectivity index is 1.12. The summed E-state index contributed by atoms with van der Waals surface area (Å²) in [5.41, 5.74) is 4.31. The average molecular weight is 430 g/mol. The van der Waals surface area contributed by atoms with Gasteiger partial charge in [0.15, 0.2) is 0 Å². The van der Waals surface area contributed by atoms with E-state index in [1.54, 1.807) is 0 Å². The van der Waals surface area contributed by atoms with Gasteiger partial charge >= 0.3 is 0 Å². The minimum atomic E-state index is -0.140. The molecule has 5 rings (SSSR count). The van der Waals surface area contributed by atoms with Gasteiger partial charge in [-0.25, -0.2) is 0 Å². The number of anilines is 1. The van der Waals surface area contributed by atoms with Crippen LogP contribution >= 0.6 is 0 Å². The number of carbonyl (C=O) groups excluding carboxylic acids is 1. The van der Waals surface area contributed by atoms with E-state index in [0.717, 1.165) is 36.8 Å². The van der Waals surface area contributed by atoms with E-state index in [-0.39, 0.29) is 5.91 Å². The summed E-state index contributed by atoms with van der Waals surface area (Å²) >= 11 is 0. The zero-order chi connectivity index (χ0) is 21.9. The van der Waals surface area contributed by atoms with E-state index in [1.807, 2.05) is 30.3 Å². The van der Waals surface area contributed by atoms with Crippen molar-refractivity contribution in [2.24, 2.45) is 0 Å². The fraction of sp³-hybridized carbons (Fsp3) is 0.320. The van der Waals surface area contributed by atoms with Crippen LogP contribution in [0.25, 0.3) is 10.9 Å². The number of piperidine rings is 1. The van der Waals surface area contributed by atoms with E-state index in [2.05, 4.69) is 56.5 Å². The molecule has 1 aliphatic rings. The largest absolute Gasteiger partial charge is 0.351 e. The van der Waals surface area contributed by atoms with Crippen molar-refractivity contribution in [1.82, 2.24) is 20.4 Å². The Morgan fingerprint density at radius 2 is 1.94 bits per heavy atom. The summed E-state index contributed by atoms with van der Waals surface area (Å²) < 4.78 is 5.42. The number of fused-ring (bicyclic) bond motifs is 1. The summed E-state index contributed by atoms with van der Waals surface area (Å²) in [5.74, 6) is 1.63. The zero-order valence-corrected chi connectivity index (χ0v) is 18.2. The number of aromatic nitrogens is 3. The number of amides is 1. The number of hydrogen-bond acceptors (Lipinski definition) is 5. The predicted molar refractivity (Wildman–Crippen MR) is 124 cm³/mol. The Morgan fingerprint density at radius 3 is 2.75 bits per heavy atom. The lowest BCUT2D eigenvalue weighted by atomic mass is 9.87. The van der Waals surface area contributed by atoms with Crippen LogP contribution in [0.5, 0.6) is 0 Å². The summed E-state index contributed by atoms with van der Waals surface area (Å²) in [6.45, 7) is 4.44. The third-order valence-electron chi connectivity index (χ3n) is 6.26. The van der Waals surface area contributed by atoms with Crippen LogP contribution in [0.1, 0.15) is 46.3 Å². The van der Waals surface area contributed by atoms with Gasteiger partial charge in [0, 0.05) is 37.0 Å². The van der Waals surface area contributed by atoms with Crippen LogP contribution in [0.15, 0.2) is 59.1 Å². The molecule has 1 amide bonds. The van der Waals surface area contributed by atoms with E-state index in [4.69, 9.17) is 4.52 Å². The fourth-order valence-corrected chi connectivity index (χ4v) is 4.49. The van der Waals surface area contributed by atoms with E-state index in [1.165, 1.54) is 11.1 Å². The molecule has 0 saturated carbocycles. The number of rotatable bonds is 6. The number of aromatic amines is 1. The zero-order valence-electron chi connectivity index (χ0n) is 18.2. The molecule has 32 heavy (non-hydrogen) atoms. The molecule has 3 heterocycles. The van der Waals surface area contributed by atoms with Crippen LogP contribution in [0.2, 0.25) is 0 Å². The summed E-state index contributed by atoms with van der Waals surface area (Å²) in [5, 5.41) is 8.09. The van der Waals surface area contributed by atoms with Gasteiger partial charge in [0.25, 0.3) is 11.9 Å². The molecule has 1 saturated heterocycles. The van der Waals surface area contributed by atoms with Gasteiger partial charge in [-0.2, -0.15) is 4.98 Å². The normalized spacial score (nSPS) is 14.7. The Bertz CT molecular complexity index is 1190. The van der Waals surface area contributed by atoms with Crippen LogP contribution in [0.3, 0.4) is 0 Å². The molecule has 2 N–H and O–H groups in total. The van der Waals surface area contributed by atoms with Gasteiger partial charge in [-0.15, -0.1) is 0 Å². The minimum absolute atomic E-state index is 0.140. The van der Waals surface area contributed by atoms with Crippen molar-refractivity contribution >= 4 is 22.8 Å². The van der Waals surface area contributed by atoms with E-state index < -0.39 is 0 Å². The average Bonchev–Trinajstić information content (AvgIpc) is 3.47. The molecule has 0 spiro atoms. The van der Waals surface area contributed by atoms with E-state index >= 15 is 0 Å². The van der Waals surface area contributed by atoms with E-state index in [9.17, 15) is 4.79 Å². The number of carbonyl (C=O) groups is 1. The first-order valence-corrected chi connectivity index (χ1v) is 11.2. The lowest BCUT2D eigenvalue weighted by molar-refractivity contribution is 0.0949. The first kappa shape index (κ1) is 20.3. The first-order valence-electron chi connectivity index (χ1n) is 11.2. The number of benzene rings is 2. The topological polar surface area (TPSA) is 87.0 Å². The molecule has 7 heteroatoms. The molecule has 1 aliphatic heterocycles. The highest BCUT2D eigenvalue weighted by Gasteiger charge is 2.24. The molecule has 0 unspecified atom stereocenters. The smallest absolute Gasteiger partial charge is 0.267 e. The number of nitrogens with one attached hydrogen (secondary N) is 2. The Kier molecular flexibility index (Phi) is 5.62. The second kappa shape index (κ2) is 8.86. The lowest BCUT2D eigenvalue weighted by Crippen LogP contribution is -2.33. The molecule has 4 aromatic rings. The maximum atomic E-state index is 12.4.